The third kappa shape index (κ3) is 8.21. The zero-order chi connectivity index (χ0) is 30.1. The van der Waals surface area contributed by atoms with E-state index in [9.17, 15) is 23.8 Å². The van der Waals surface area contributed by atoms with Crippen LogP contribution in [0, 0.1) is 0 Å². The van der Waals surface area contributed by atoms with Crippen LogP contribution in [0.1, 0.15) is 36.7 Å². The number of ether oxygens (including phenoxy) is 2. The van der Waals surface area contributed by atoms with Gasteiger partial charge in [0.15, 0.2) is 18.0 Å². The number of nitrogens with one attached hydrogen (secondary N) is 1. The molecule has 3 heterocycles. The summed E-state index contributed by atoms with van der Waals surface area (Å²) in [4.78, 5) is 64.9. The normalized spacial score (nSPS) is 18.0. The van der Waals surface area contributed by atoms with Crippen molar-refractivity contribution in [2.24, 2.45) is 0 Å². The Morgan fingerprint density at radius 1 is 1.10 bits per heavy atom. The molecule has 1 N–H and O–H groups in total. The molecule has 0 spiro atoms. The predicted octanol–water partition coefficient (Wildman–Crippen LogP) is 1.65. The Morgan fingerprint density at radius 3 is 2.45 bits per heavy atom. The van der Waals surface area contributed by atoms with Crippen molar-refractivity contribution in [3.05, 3.63) is 42.1 Å². The van der Waals surface area contributed by atoms with E-state index in [0.717, 1.165) is 19.3 Å². The van der Waals surface area contributed by atoms with E-state index in [1.807, 2.05) is 42.2 Å². The Morgan fingerprint density at radius 2 is 1.81 bits per heavy atom. The van der Waals surface area contributed by atoms with E-state index in [0.29, 0.717) is 36.9 Å². The van der Waals surface area contributed by atoms with E-state index >= 15 is 0 Å². The first-order valence-electron chi connectivity index (χ1n) is 14.1. The molecule has 2 aromatic rings. The molecule has 13 nitrogen and oxygen atoms in total. The Balaban J connectivity index is 1.49. The number of carbonyl (C=O) groups excluding carboxylic acids is 3. The van der Waals surface area contributed by atoms with Crippen molar-refractivity contribution in [1.29, 1.82) is 0 Å². The van der Waals surface area contributed by atoms with Gasteiger partial charge in [-0.2, -0.15) is 0 Å². The maximum absolute atomic E-state index is 13.5. The van der Waals surface area contributed by atoms with Crippen molar-refractivity contribution in [3.63, 3.8) is 0 Å². The summed E-state index contributed by atoms with van der Waals surface area (Å²) in [6, 6.07) is 9.43. The number of hydrogen-bond acceptors (Lipinski definition) is 10. The van der Waals surface area contributed by atoms with Crippen LogP contribution >= 0.6 is 8.03 Å². The van der Waals surface area contributed by atoms with Crippen LogP contribution in [0.5, 0.6) is 0 Å². The lowest BCUT2D eigenvalue weighted by molar-refractivity contribution is -0.165. The van der Waals surface area contributed by atoms with Gasteiger partial charge in [-0.3, -0.25) is 9.59 Å². The number of anilines is 1. The molecule has 0 bridgehead atoms. The maximum atomic E-state index is 13.5. The molecule has 0 radical (unpaired) electrons. The molecule has 2 saturated heterocycles. The number of benzene rings is 1. The van der Waals surface area contributed by atoms with Crippen molar-refractivity contribution in [3.8, 4) is 11.4 Å². The van der Waals surface area contributed by atoms with Crippen LogP contribution in [-0.4, -0.2) is 109 Å². The van der Waals surface area contributed by atoms with Crippen LogP contribution in [0.15, 0.2) is 36.4 Å². The molecule has 0 saturated carbocycles. The Hall–Kier alpha value is -3.67. The summed E-state index contributed by atoms with van der Waals surface area (Å²) in [6.07, 6.45) is 1.51. The number of nitrogens with zero attached hydrogens (tertiary/aromatic N) is 5. The molecule has 0 aliphatic carbocycles. The number of hydrogen-bond donors (Lipinski definition) is 1. The molecule has 42 heavy (non-hydrogen) atoms. The molecule has 2 aliphatic heterocycles. The minimum absolute atomic E-state index is 0.0123. The predicted molar refractivity (Wildman–Crippen MR) is 153 cm³/mol. The number of rotatable bonds is 11. The summed E-state index contributed by atoms with van der Waals surface area (Å²) >= 11 is 0. The van der Waals surface area contributed by atoms with E-state index < -0.39 is 38.1 Å². The minimum Gasteiger partial charge on any atom is -0.595 e. The SMILES string of the molecule is CCCCOC(=O)N1CCN(C(=O)[C@H](C[P+](=O)[O-])NC(=O)c2cc(N3CC[C@H](OC)C3)nc(-c3ccccc3)n2)CC1. The molecule has 1 aromatic heterocycles. The zero-order valence-corrected chi connectivity index (χ0v) is 24.8. The molecular formula is C28H37N6O7P. The highest BCUT2D eigenvalue weighted by atomic mass is 31.1. The molecule has 226 valence electrons. The van der Waals surface area contributed by atoms with Gasteiger partial charge in [-0.25, -0.2) is 14.8 Å². The zero-order valence-electron chi connectivity index (χ0n) is 23.9. The van der Waals surface area contributed by atoms with E-state index in [4.69, 9.17) is 9.47 Å². The van der Waals surface area contributed by atoms with E-state index in [2.05, 4.69) is 15.3 Å². The first-order chi connectivity index (χ1) is 20.3. The van der Waals surface area contributed by atoms with Gasteiger partial charge in [0, 0.05) is 58.0 Å². The Kier molecular flexibility index (Phi) is 11.2. The highest BCUT2D eigenvalue weighted by Crippen LogP contribution is 2.24. The number of methoxy groups -OCH3 is 1. The van der Waals surface area contributed by atoms with Gasteiger partial charge in [0.25, 0.3) is 5.91 Å². The first kappa shape index (κ1) is 31.3. The van der Waals surface area contributed by atoms with Crippen LogP contribution in [0.2, 0.25) is 0 Å². The van der Waals surface area contributed by atoms with Crippen molar-refractivity contribution < 1.29 is 33.3 Å². The van der Waals surface area contributed by atoms with Gasteiger partial charge in [0.1, 0.15) is 11.5 Å². The molecule has 2 fully saturated rings. The highest BCUT2D eigenvalue weighted by molar-refractivity contribution is 7.36. The van der Waals surface area contributed by atoms with Gasteiger partial charge in [-0.1, -0.05) is 48.2 Å². The molecule has 4 rings (SSSR count). The monoisotopic (exact) mass is 600 g/mol. The molecule has 14 heteroatoms. The lowest BCUT2D eigenvalue weighted by atomic mass is 10.2. The molecular weight excluding hydrogens is 563 g/mol. The average molecular weight is 601 g/mol. The van der Waals surface area contributed by atoms with Gasteiger partial charge in [0.2, 0.25) is 5.91 Å². The summed E-state index contributed by atoms with van der Waals surface area (Å²) in [5.41, 5.74) is 0.718. The third-order valence-corrected chi connectivity index (χ3v) is 7.95. The summed E-state index contributed by atoms with van der Waals surface area (Å²) in [5, 5.41) is 2.59. The van der Waals surface area contributed by atoms with Gasteiger partial charge in [-0.05, 0) is 12.8 Å². The van der Waals surface area contributed by atoms with Gasteiger partial charge < -0.3 is 34.4 Å². The summed E-state index contributed by atoms with van der Waals surface area (Å²) in [6.45, 7) is 4.48. The molecule has 1 aromatic carbocycles. The second-order valence-electron chi connectivity index (χ2n) is 10.2. The lowest BCUT2D eigenvalue weighted by Crippen LogP contribution is -2.56. The van der Waals surface area contributed by atoms with E-state index in [-0.39, 0.29) is 38.0 Å². The average Bonchev–Trinajstić information content (AvgIpc) is 3.50. The molecule has 3 amide bonds. The van der Waals surface area contributed by atoms with Crippen molar-refractivity contribution in [2.75, 3.05) is 64.0 Å². The standard InChI is InChI=1S/C28H37N6O7P/c1-3-4-16-41-28(37)33-14-12-32(13-15-33)27(36)23(19-42(38)39)30-26(35)22-17-24(34-11-10-21(18-34)40-2)31-25(29-22)20-8-6-5-7-9-20/h5-9,17,21,23H,3-4,10-16,18-19H2,1-2H3,(H,30,35)/t21-,23-/m0/s1. The quantitative estimate of drug-likeness (QED) is 0.297. The largest absolute Gasteiger partial charge is 0.595 e. The van der Waals surface area contributed by atoms with Gasteiger partial charge in [0.05, 0.1) is 12.7 Å². The second kappa shape index (κ2) is 15.0. The van der Waals surface area contributed by atoms with E-state index in [1.165, 1.54) is 9.80 Å². The smallest absolute Gasteiger partial charge is 0.409 e. The van der Waals surface area contributed by atoms with Crippen LogP contribution in [0.3, 0.4) is 0 Å². The fourth-order valence-corrected chi connectivity index (χ4v) is 5.39. The number of carbonyl (C=O) groups is 3. The molecule has 2 aliphatic rings. The summed E-state index contributed by atoms with van der Waals surface area (Å²) in [7, 11) is -1.33. The molecule has 1 unspecified atom stereocenters. The van der Waals surface area contributed by atoms with Crippen LogP contribution < -0.4 is 15.1 Å². The van der Waals surface area contributed by atoms with Gasteiger partial charge >= 0.3 is 14.1 Å². The Labute approximate surface area is 246 Å². The number of unbranched alkanes of at least 4 members (excludes halogenated alkanes) is 1. The van der Waals surface area contributed by atoms with E-state index in [1.54, 1.807) is 13.2 Å². The van der Waals surface area contributed by atoms with Crippen molar-refractivity contribution in [2.45, 2.75) is 38.3 Å². The summed E-state index contributed by atoms with van der Waals surface area (Å²) < 4.78 is 22.4. The topological polar surface area (TPSA) is 157 Å². The van der Waals surface area contributed by atoms with Crippen LogP contribution in [-0.2, 0) is 18.8 Å². The minimum atomic E-state index is -2.99. The number of piperazine rings is 1. The second-order valence-corrected chi connectivity index (χ2v) is 11.2. The molecule has 3 atom stereocenters. The number of aromatic nitrogens is 2. The fraction of sp³-hybridized carbons (Fsp3) is 0.536. The maximum Gasteiger partial charge on any atom is 0.409 e. The number of amides is 3. The first-order valence-corrected chi connectivity index (χ1v) is 15.5. The summed E-state index contributed by atoms with van der Waals surface area (Å²) in [5.74, 6) is -0.361. The fourth-order valence-electron chi connectivity index (χ4n) is 4.85. The van der Waals surface area contributed by atoms with Crippen molar-refractivity contribution in [1.82, 2.24) is 25.1 Å². The van der Waals surface area contributed by atoms with Gasteiger partial charge in [-0.15, -0.1) is 0 Å². The Bertz CT molecular complexity index is 1260. The van der Waals surface area contributed by atoms with Crippen molar-refractivity contribution >= 4 is 31.8 Å². The van der Waals surface area contributed by atoms with Crippen LogP contribution in [0.4, 0.5) is 10.6 Å². The lowest BCUT2D eigenvalue weighted by Gasteiger charge is -2.35. The van der Waals surface area contributed by atoms with Crippen LogP contribution in [0.25, 0.3) is 11.4 Å². The highest BCUT2D eigenvalue weighted by Gasteiger charge is 2.34. The third-order valence-electron chi connectivity index (χ3n) is 7.29.